The SMILES string of the molecule is C[C@H]1COc2c(Br)cc(F)c(CO)c2N1. The fraction of sp³-hybridized carbons (Fsp3) is 0.400. The molecule has 0 aromatic heterocycles. The Morgan fingerprint density at radius 3 is 3.13 bits per heavy atom. The van der Waals surface area contributed by atoms with Gasteiger partial charge < -0.3 is 15.2 Å². The van der Waals surface area contributed by atoms with Gasteiger partial charge in [0.1, 0.15) is 12.4 Å². The lowest BCUT2D eigenvalue weighted by Crippen LogP contribution is -2.29. The van der Waals surface area contributed by atoms with Gasteiger partial charge in [-0.25, -0.2) is 4.39 Å². The molecule has 1 atom stereocenters. The van der Waals surface area contributed by atoms with Crippen LogP contribution in [0.1, 0.15) is 12.5 Å². The molecule has 0 aliphatic carbocycles. The van der Waals surface area contributed by atoms with Crippen LogP contribution in [0.15, 0.2) is 10.5 Å². The third kappa shape index (κ3) is 1.81. The van der Waals surface area contributed by atoms with E-state index in [1.807, 2.05) is 6.92 Å². The van der Waals surface area contributed by atoms with E-state index in [4.69, 9.17) is 9.84 Å². The van der Waals surface area contributed by atoms with Gasteiger partial charge in [0, 0.05) is 5.56 Å². The zero-order chi connectivity index (χ0) is 11.0. The number of ether oxygens (including phenoxy) is 1. The summed E-state index contributed by atoms with van der Waals surface area (Å²) in [7, 11) is 0. The van der Waals surface area contributed by atoms with Gasteiger partial charge in [0.25, 0.3) is 0 Å². The molecule has 0 amide bonds. The van der Waals surface area contributed by atoms with E-state index >= 15 is 0 Å². The number of nitrogens with one attached hydrogen (secondary N) is 1. The predicted octanol–water partition coefficient (Wildman–Crippen LogP) is 2.27. The van der Waals surface area contributed by atoms with Crippen molar-refractivity contribution in [3.05, 3.63) is 21.9 Å². The minimum Gasteiger partial charge on any atom is -0.488 e. The van der Waals surface area contributed by atoms with Crippen molar-refractivity contribution in [1.29, 1.82) is 0 Å². The summed E-state index contributed by atoms with van der Waals surface area (Å²) in [6.45, 7) is 2.12. The molecule has 2 N–H and O–H groups in total. The maximum Gasteiger partial charge on any atom is 0.157 e. The first-order valence-electron chi connectivity index (χ1n) is 4.64. The molecule has 0 unspecified atom stereocenters. The molecular weight excluding hydrogens is 265 g/mol. The molecule has 0 bridgehead atoms. The summed E-state index contributed by atoms with van der Waals surface area (Å²) >= 11 is 3.23. The quantitative estimate of drug-likeness (QED) is 0.826. The standard InChI is InChI=1S/C10H11BrFNO2/c1-5-4-15-10-7(11)2-8(12)6(3-14)9(10)13-5/h2,5,13-14H,3-4H2,1H3/t5-/m0/s1. The van der Waals surface area contributed by atoms with Gasteiger partial charge in [0.15, 0.2) is 5.75 Å². The second-order valence-corrected chi connectivity index (χ2v) is 4.39. The van der Waals surface area contributed by atoms with Gasteiger partial charge in [-0.05, 0) is 28.9 Å². The first-order valence-corrected chi connectivity index (χ1v) is 5.44. The summed E-state index contributed by atoms with van der Waals surface area (Å²) in [5, 5.41) is 12.2. The molecular formula is C10H11BrFNO2. The van der Waals surface area contributed by atoms with Crippen LogP contribution in [-0.4, -0.2) is 17.8 Å². The zero-order valence-electron chi connectivity index (χ0n) is 8.18. The number of hydrogen-bond acceptors (Lipinski definition) is 3. The van der Waals surface area contributed by atoms with E-state index in [-0.39, 0.29) is 18.2 Å². The average molecular weight is 276 g/mol. The predicted molar refractivity (Wildman–Crippen MR) is 58.6 cm³/mol. The highest BCUT2D eigenvalue weighted by molar-refractivity contribution is 9.10. The van der Waals surface area contributed by atoms with Crippen molar-refractivity contribution in [2.75, 3.05) is 11.9 Å². The number of hydrogen-bond donors (Lipinski definition) is 2. The third-order valence-corrected chi connectivity index (χ3v) is 2.90. The second-order valence-electron chi connectivity index (χ2n) is 3.54. The first-order chi connectivity index (χ1) is 7.13. The molecule has 0 spiro atoms. The number of rotatable bonds is 1. The largest absolute Gasteiger partial charge is 0.488 e. The lowest BCUT2D eigenvalue weighted by Gasteiger charge is -2.27. The summed E-state index contributed by atoms with van der Waals surface area (Å²) in [4.78, 5) is 0. The Bertz CT molecular complexity index is 377. The number of benzene rings is 1. The van der Waals surface area contributed by atoms with Gasteiger partial charge in [-0.15, -0.1) is 0 Å². The van der Waals surface area contributed by atoms with Crippen molar-refractivity contribution in [2.45, 2.75) is 19.6 Å². The van der Waals surface area contributed by atoms with Crippen LogP contribution in [0.2, 0.25) is 0 Å². The third-order valence-electron chi connectivity index (χ3n) is 2.31. The Morgan fingerprint density at radius 1 is 1.73 bits per heavy atom. The van der Waals surface area contributed by atoms with Gasteiger partial charge in [0.2, 0.25) is 0 Å². The minimum atomic E-state index is -0.437. The molecule has 3 nitrogen and oxygen atoms in total. The number of fused-ring (bicyclic) bond motifs is 1. The van der Waals surface area contributed by atoms with Crippen molar-refractivity contribution in [1.82, 2.24) is 0 Å². The Labute approximate surface area is 95.4 Å². The van der Waals surface area contributed by atoms with E-state index in [1.165, 1.54) is 6.07 Å². The van der Waals surface area contributed by atoms with E-state index in [9.17, 15) is 4.39 Å². The van der Waals surface area contributed by atoms with Crippen LogP contribution in [0.3, 0.4) is 0 Å². The van der Waals surface area contributed by atoms with Crippen molar-refractivity contribution >= 4 is 21.6 Å². The van der Waals surface area contributed by atoms with Crippen LogP contribution >= 0.6 is 15.9 Å². The van der Waals surface area contributed by atoms with Gasteiger partial charge in [0.05, 0.1) is 22.8 Å². The summed E-state index contributed by atoms with van der Waals surface area (Å²) in [6, 6.07) is 1.42. The molecule has 0 radical (unpaired) electrons. The maximum absolute atomic E-state index is 13.5. The molecule has 82 valence electrons. The molecule has 1 aliphatic heterocycles. The van der Waals surface area contributed by atoms with Crippen molar-refractivity contribution in [3.63, 3.8) is 0 Å². The van der Waals surface area contributed by atoms with Crippen LogP contribution in [0.5, 0.6) is 5.75 Å². The lowest BCUT2D eigenvalue weighted by molar-refractivity contribution is 0.266. The van der Waals surface area contributed by atoms with Gasteiger partial charge in [-0.2, -0.15) is 0 Å². The van der Waals surface area contributed by atoms with Gasteiger partial charge in [-0.1, -0.05) is 0 Å². The number of aliphatic hydroxyl groups is 1. The molecule has 0 fully saturated rings. The highest BCUT2D eigenvalue weighted by Gasteiger charge is 2.23. The summed E-state index contributed by atoms with van der Waals surface area (Å²) in [5.41, 5.74) is 0.794. The molecule has 0 saturated heterocycles. The van der Waals surface area contributed by atoms with Crippen molar-refractivity contribution in [2.24, 2.45) is 0 Å². The summed E-state index contributed by atoms with van der Waals surface area (Å²) < 4.78 is 19.5. The van der Waals surface area contributed by atoms with E-state index in [0.29, 0.717) is 22.5 Å². The molecule has 0 saturated carbocycles. The molecule has 1 heterocycles. The number of halogens is 2. The van der Waals surface area contributed by atoms with E-state index in [0.717, 1.165) is 0 Å². The van der Waals surface area contributed by atoms with Gasteiger partial charge >= 0.3 is 0 Å². The molecule has 2 rings (SSSR count). The summed E-state index contributed by atoms with van der Waals surface area (Å²) in [5.74, 6) is 0.131. The first kappa shape index (κ1) is 10.7. The maximum atomic E-state index is 13.5. The number of anilines is 1. The molecule has 5 heteroatoms. The topological polar surface area (TPSA) is 41.5 Å². The molecule has 1 aromatic rings. The Morgan fingerprint density at radius 2 is 2.47 bits per heavy atom. The van der Waals surface area contributed by atoms with Crippen LogP contribution in [0.4, 0.5) is 10.1 Å². The van der Waals surface area contributed by atoms with Crippen LogP contribution < -0.4 is 10.1 Å². The molecule has 1 aromatic carbocycles. The number of aliphatic hydroxyl groups excluding tert-OH is 1. The highest BCUT2D eigenvalue weighted by Crippen LogP contribution is 2.40. The van der Waals surface area contributed by atoms with Crippen LogP contribution in [0, 0.1) is 5.82 Å². The van der Waals surface area contributed by atoms with E-state index in [1.54, 1.807) is 0 Å². The van der Waals surface area contributed by atoms with Crippen LogP contribution in [0.25, 0.3) is 0 Å². The monoisotopic (exact) mass is 275 g/mol. The Hall–Kier alpha value is -0.810. The fourth-order valence-electron chi connectivity index (χ4n) is 1.58. The normalized spacial score (nSPS) is 19.1. The van der Waals surface area contributed by atoms with Crippen molar-refractivity contribution < 1.29 is 14.2 Å². The van der Waals surface area contributed by atoms with Crippen molar-refractivity contribution in [3.8, 4) is 5.75 Å². The second kappa shape index (κ2) is 3.98. The van der Waals surface area contributed by atoms with Crippen LogP contribution in [-0.2, 0) is 6.61 Å². The zero-order valence-corrected chi connectivity index (χ0v) is 9.77. The van der Waals surface area contributed by atoms with E-state index in [2.05, 4.69) is 21.2 Å². The average Bonchev–Trinajstić information content (AvgIpc) is 2.17. The van der Waals surface area contributed by atoms with E-state index < -0.39 is 5.82 Å². The summed E-state index contributed by atoms with van der Waals surface area (Å²) in [6.07, 6.45) is 0. The molecule has 15 heavy (non-hydrogen) atoms. The minimum absolute atomic E-state index is 0.108. The van der Waals surface area contributed by atoms with Gasteiger partial charge in [-0.3, -0.25) is 0 Å². The fourth-order valence-corrected chi connectivity index (χ4v) is 2.10. The highest BCUT2D eigenvalue weighted by atomic mass is 79.9. The smallest absolute Gasteiger partial charge is 0.157 e. The Kier molecular flexibility index (Phi) is 2.84. The lowest BCUT2D eigenvalue weighted by atomic mass is 10.1. The molecule has 1 aliphatic rings. The Balaban J connectivity index is 2.58.